The molecule has 1 aromatic rings. The van der Waals surface area contributed by atoms with Crippen LogP contribution in [0.5, 0.6) is 0 Å². The van der Waals surface area contributed by atoms with Crippen LogP contribution >= 0.6 is 15.9 Å². The summed E-state index contributed by atoms with van der Waals surface area (Å²) in [5.74, 6) is 5.09. The molecule has 0 aliphatic carbocycles. The molecule has 0 radical (unpaired) electrons. The Morgan fingerprint density at radius 2 is 2.33 bits per heavy atom. The Kier molecular flexibility index (Phi) is 2.02. The zero-order chi connectivity index (χ0) is 6.69. The number of nitrogens with one attached hydrogen (secondary N) is 1. The van der Waals surface area contributed by atoms with Gasteiger partial charge in [-0.05, 0) is 28.1 Å². The summed E-state index contributed by atoms with van der Waals surface area (Å²) in [4.78, 5) is 3.92. The van der Waals surface area contributed by atoms with Crippen LogP contribution in [0.2, 0.25) is 0 Å². The molecule has 0 fully saturated rings. The lowest BCUT2D eigenvalue weighted by Gasteiger charge is -1.95. The molecule has 0 aliphatic rings. The first-order valence-electron chi connectivity index (χ1n) is 2.41. The van der Waals surface area contributed by atoms with Gasteiger partial charge in [0.1, 0.15) is 4.60 Å². The molecule has 0 unspecified atom stereocenters. The molecule has 0 amide bonds. The van der Waals surface area contributed by atoms with Crippen molar-refractivity contribution in [2.75, 3.05) is 5.43 Å². The predicted octanol–water partition coefficient (Wildman–Crippen LogP) is 1.13. The first-order valence-corrected chi connectivity index (χ1v) is 3.20. The number of halogens is 1. The van der Waals surface area contributed by atoms with E-state index in [9.17, 15) is 0 Å². The van der Waals surface area contributed by atoms with Crippen molar-refractivity contribution in [2.24, 2.45) is 5.84 Å². The summed E-state index contributed by atoms with van der Waals surface area (Å²) < 4.78 is 0.807. The van der Waals surface area contributed by atoms with Crippen LogP contribution < -0.4 is 11.3 Å². The van der Waals surface area contributed by atoms with Crippen LogP contribution in [0.15, 0.2) is 22.9 Å². The molecular weight excluding hydrogens is 182 g/mol. The molecule has 1 aromatic heterocycles. The van der Waals surface area contributed by atoms with Crippen LogP contribution in [0.4, 0.5) is 5.69 Å². The van der Waals surface area contributed by atoms with E-state index in [0.717, 1.165) is 10.3 Å². The quantitative estimate of drug-likeness (QED) is 0.394. The molecule has 1 heterocycles. The zero-order valence-electron chi connectivity index (χ0n) is 4.63. The van der Waals surface area contributed by atoms with Gasteiger partial charge in [0, 0.05) is 0 Å². The molecule has 48 valence electrons. The van der Waals surface area contributed by atoms with Crippen molar-refractivity contribution in [1.82, 2.24) is 4.98 Å². The zero-order valence-corrected chi connectivity index (χ0v) is 6.22. The van der Waals surface area contributed by atoms with E-state index in [-0.39, 0.29) is 0 Å². The van der Waals surface area contributed by atoms with Gasteiger partial charge in [-0.15, -0.1) is 0 Å². The lowest BCUT2D eigenvalue weighted by atomic mass is 10.4. The number of nitrogen functional groups attached to an aromatic ring is 1. The summed E-state index contributed by atoms with van der Waals surface area (Å²) >= 11 is 3.19. The molecule has 4 heteroatoms. The summed E-state index contributed by atoms with van der Waals surface area (Å²) in [6.07, 6.45) is 1.64. The highest BCUT2D eigenvalue weighted by Crippen LogP contribution is 2.08. The molecular formula is C5H6BrN3. The predicted molar refractivity (Wildman–Crippen MR) is 39.7 cm³/mol. The summed E-state index contributed by atoms with van der Waals surface area (Å²) in [6, 6.07) is 3.65. The summed E-state index contributed by atoms with van der Waals surface area (Å²) in [5.41, 5.74) is 3.27. The minimum Gasteiger partial charge on any atom is -0.323 e. The maximum absolute atomic E-state index is 5.09. The van der Waals surface area contributed by atoms with E-state index in [1.165, 1.54) is 0 Å². The molecule has 0 bridgehead atoms. The normalized spacial score (nSPS) is 9.11. The minimum absolute atomic E-state index is 0.804. The van der Waals surface area contributed by atoms with Crippen LogP contribution in [-0.2, 0) is 0 Å². The third kappa shape index (κ3) is 1.65. The number of hydrogen-bond donors (Lipinski definition) is 2. The van der Waals surface area contributed by atoms with E-state index in [0.29, 0.717) is 0 Å². The van der Waals surface area contributed by atoms with Crippen molar-refractivity contribution in [1.29, 1.82) is 0 Å². The number of rotatable bonds is 1. The van der Waals surface area contributed by atoms with Crippen LogP contribution in [0.25, 0.3) is 0 Å². The van der Waals surface area contributed by atoms with Crippen molar-refractivity contribution in [3.8, 4) is 0 Å². The second-order valence-corrected chi connectivity index (χ2v) is 2.33. The third-order valence-electron chi connectivity index (χ3n) is 0.894. The van der Waals surface area contributed by atoms with Gasteiger partial charge in [0.25, 0.3) is 0 Å². The van der Waals surface area contributed by atoms with Gasteiger partial charge in [0.2, 0.25) is 0 Å². The molecule has 3 N–H and O–H groups in total. The molecule has 9 heavy (non-hydrogen) atoms. The lowest BCUT2D eigenvalue weighted by Crippen LogP contribution is -2.06. The smallest absolute Gasteiger partial charge is 0.106 e. The number of nitrogens with zero attached hydrogens (tertiary/aromatic N) is 1. The number of hydrogen-bond acceptors (Lipinski definition) is 3. The van der Waals surface area contributed by atoms with Gasteiger partial charge in [0.05, 0.1) is 11.9 Å². The topological polar surface area (TPSA) is 50.9 Å². The summed E-state index contributed by atoms with van der Waals surface area (Å²) in [7, 11) is 0. The van der Waals surface area contributed by atoms with Crippen molar-refractivity contribution in [3.05, 3.63) is 22.9 Å². The number of anilines is 1. The summed E-state index contributed by atoms with van der Waals surface area (Å²) in [5, 5.41) is 0. The molecule has 0 aliphatic heterocycles. The van der Waals surface area contributed by atoms with Crippen LogP contribution in [0, 0.1) is 0 Å². The number of nitrogens with two attached hydrogens (primary N) is 1. The van der Waals surface area contributed by atoms with E-state index >= 15 is 0 Å². The second-order valence-electron chi connectivity index (χ2n) is 1.51. The average Bonchev–Trinajstić information content (AvgIpc) is 1.90. The lowest BCUT2D eigenvalue weighted by molar-refractivity contribution is 1.24. The highest BCUT2D eigenvalue weighted by atomic mass is 79.9. The van der Waals surface area contributed by atoms with E-state index in [1.807, 2.05) is 12.1 Å². The highest BCUT2D eigenvalue weighted by Gasteiger charge is 1.86. The van der Waals surface area contributed by atoms with E-state index < -0.39 is 0 Å². The van der Waals surface area contributed by atoms with Gasteiger partial charge >= 0.3 is 0 Å². The van der Waals surface area contributed by atoms with Gasteiger partial charge in [-0.3, -0.25) is 5.84 Å². The Bertz CT molecular complexity index is 184. The van der Waals surface area contributed by atoms with Crippen molar-refractivity contribution in [2.45, 2.75) is 0 Å². The molecule has 0 spiro atoms. The Balaban J connectivity index is 2.88. The summed E-state index contributed by atoms with van der Waals surface area (Å²) in [6.45, 7) is 0. The van der Waals surface area contributed by atoms with Gasteiger partial charge in [-0.25, -0.2) is 4.98 Å². The van der Waals surface area contributed by atoms with Gasteiger partial charge in [0.15, 0.2) is 0 Å². The Labute approximate surface area is 61.4 Å². The first kappa shape index (κ1) is 6.51. The van der Waals surface area contributed by atoms with Gasteiger partial charge < -0.3 is 5.43 Å². The van der Waals surface area contributed by atoms with Crippen LogP contribution in [-0.4, -0.2) is 4.98 Å². The minimum atomic E-state index is 0.804. The van der Waals surface area contributed by atoms with Crippen molar-refractivity contribution in [3.63, 3.8) is 0 Å². The second kappa shape index (κ2) is 2.80. The molecule has 3 nitrogen and oxygen atoms in total. The molecule has 0 aromatic carbocycles. The SMILES string of the molecule is NNc1ccc(Br)nc1. The molecule has 1 rings (SSSR count). The average molecular weight is 188 g/mol. The monoisotopic (exact) mass is 187 g/mol. The fourth-order valence-electron chi connectivity index (χ4n) is 0.461. The molecule has 0 saturated heterocycles. The fraction of sp³-hybridized carbons (Fsp3) is 0. The van der Waals surface area contributed by atoms with E-state index in [2.05, 4.69) is 26.3 Å². The number of hydrazine groups is 1. The fourth-order valence-corrected chi connectivity index (χ4v) is 0.696. The number of aromatic nitrogens is 1. The standard InChI is InChI=1S/C5H6BrN3/c6-5-2-1-4(9-7)3-8-5/h1-3,9H,7H2. The maximum atomic E-state index is 5.09. The highest BCUT2D eigenvalue weighted by molar-refractivity contribution is 9.10. The molecule has 0 saturated carbocycles. The maximum Gasteiger partial charge on any atom is 0.106 e. The van der Waals surface area contributed by atoms with Crippen molar-refractivity contribution < 1.29 is 0 Å². The first-order chi connectivity index (χ1) is 4.33. The van der Waals surface area contributed by atoms with Crippen LogP contribution in [0.1, 0.15) is 0 Å². The number of pyridine rings is 1. The van der Waals surface area contributed by atoms with Gasteiger partial charge in [-0.1, -0.05) is 0 Å². The van der Waals surface area contributed by atoms with E-state index in [4.69, 9.17) is 5.84 Å². The van der Waals surface area contributed by atoms with E-state index in [1.54, 1.807) is 6.20 Å². The van der Waals surface area contributed by atoms with Crippen LogP contribution in [0.3, 0.4) is 0 Å². The molecule has 0 atom stereocenters. The largest absolute Gasteiger partial charge is 0.323 e. The van der Waals surface area contributed by atoms with Gasteiger partial charge in [-0.2, -0.15) is 0 Å². The van der Waals surface area contributed by atoms with Crippen molar-refractivity contribution >= 4 is 21.6 Å². The Hall–Kier alpha value is -0.610. The Morgan fingerprint density at radius 1 is 1.56 bits per heavy atom. The third-order valence-corrected chi connectivity index (χ3v) is 1.36. The Morgan fingerprint density at radius 3 is 2.78 bits per heavy atom.